The Balaban J connectivity index is 2.63. The molecule has 2 heteroatoms. The maximum absolute atomic E-state index is 11.1. The van der Waals surface area contributed by atoms with Crippen molar-refractivity contribution in [3.05, 3.63) is 34.4 Å². The maximum Gasteiger partial charge on any atom is 0.338 e. The Morgan fingerprint density at radius 3 is 2.67 bits per heavy atom. The number of esters is 1. The zero-order chi connectivity index (χ0) is 8.72. The molecule has 1 aliphatic heterocycles. The van der Waals surface area contributed by atoms with Gasteiger partial charge in [-0.15, -0.1) is 0 Å². The highest BCUT2D eigenvalue weighted by Gasteiger charge is 2.21. The quantitative estimate of drug-likeness (QED) is 0.545. The number of aryl methyl sites for hydroxylation is 2. The highest BCUT2D eigenvalue weighted by atomic mass is 16.5. The van der Waals surface area contributed by atoms with E-state index in [2.05, 4.69) is 0 Å². The standard InChI is InChI=1S/C10H10O2/c1-6-3-8-5-12-10(11)9(8)4-7(6)2/h3-4H,5H2,1-2H3. The third kappa shape index (κ3) is 0.916. The molecule has 0 unspecified atom stereocenters. The average molecular weight is 162 g/mol. The Labute approximate surface area is 71.2 Å². The van der Waals surface area contributed by atoms with Crippen LogP contribution in [0.3, 0.4) is 0 Å². The Kier molecular flexibility index (Phi) is 1.43. The predicted octanol–water partition coefficient (Wildman–Crippen LogP) is 1.97. The lowest BCUT2D eigenvalue weighted by Crippen LogP contribution is -1.94. The molecule has 0 atom stereocenters. The van der Waals surface area contributed by atoms with E-state index in [0.29, 0.717) is 6.61 Å². The summed E-state index contributed by atoms with van der Waals surface area (Å²) in [6, 6.07) is 3.93. The lowest BCUT2D eigenvalue weighted by molar-refractivity contribution is 0.0535. The summed E-state index contributed by atoms with van der Waals surface area (Å²) in [5, 5.41) is 0. The Bertz CT molecular complexity index is 353. The molecule has 0 aromatic heterocycles. The van der Waals surface area contributed by atoms with Crippen molar-refractivity contribution < 1.29 is 9.53 Å². The molecule has 1 aromatic rings. The van der Waals surface area contributed by atoms with Crippen molar-refractivity contribution in [2.75, 3.05) is 0 Å². The Morgan fingerprint density at radius 2 is 1.92 bits per heavy atom. The fourth-order valence-corrected chi connectivity index (χ4v) is 1.41. The third-order valence-electron chi connectivity index (χ3n) is 2.30. The lowest BCUT2D eigenvalue weighted by atomic mass is 10.0. The number of carbonyl (C=O) groups is 1. The molecule has 1 aromatic carbocycles. The van der Waals surface area contributed by atoms with Crippen molar-refractivity contribution in [2.24, 2.45) is 0 Å². The molecule has 0 spiro atoms. The molecular weight excluding hydrogens is 152 g/mol. The van der Waals surface area contributed by atoms with Gasteiger partial charge in [-0.2, -0.15) is 0 Å². The van der Waals surface area contributed by atoms with Crippen LogP contribution in [0.5, 0.6) is 0 Å². The first-order valence-electron chi connectivity index (χ1n) is 3.96. The Hall–Kier alpha value is -1.31. The molecule has 0 saturated carbocycles. The van der Waals surface area contributed by atoms with Gasteiger partial charge < -0.3 is 4.74 Å². The number of cyclic esters (lactones) is 1. The van der Waals surface area contributed by atoms with Gasteiger partial charge in [0.25, 0.3) is 0 Å². The van der Waals surface area contributed by atoms with Gasteiger partial charge in [0.2, 0.25) is 0 Å². The first-order valence-corrected chi connectivity index (χ1v) is 3.96. The second kappa shape index (κ2) is 2.34. The lowest BCUT2D eigenvalue weighted by Gasteiger charge is -2.00. The molecule has 2 nitrogen and oxygen atoms in total. The highest BCUT2D eigenvalue weighted by molar-refractivity contribution is 5.93. The van der Waals surface area contributed by atoms with Crippen LogP contribution in [-0.4, -0.2) is 5.97 Å². The van der Waals surface area contributed by atoms with Gasteiger partial charge in [0.1, 0.15) is 6.61 Å². The number of carbonyl (C=O) groups excluding carboxylic acids is 1. The van der Waals surface area contributed by atoms with E-state index in [9.17, 15) is 4.79 Å². The summed E-state index contributed by atoms with van der Waals surface area (Å²) in [6.07, 6.45) is 0. The molecule has 0 bridgehead atoms. The summed E-state index contributed by atoms with van der Waals surface area (Å²) in [6.45, 7) is 4.48. The van der Waals surface area contributed by atoms with Crippen LogP contribution >= 0.6 is 0 Å². The monoisotopic (exact) mass is 162 g/mol. The Morgan fingerprint density at radius 1 is 1.25 bits per heavy atom. The first-order chi connectivity index (χ1) is 5.68. The molecule has 0 radical (unpaired) electrons. The van der Waals surface area contributed by atoms with Gasteiger partial charge in [0.05, 0.1) is 5.56 Å². The summed E-state index contributed by atoms with van der Waals surface area (Å²) in [4.78, 5) is 11.1. The second-order valence-electron chi connectivity index (χ2n) is 3.17. The molecule has 0 amide bonds. The van der Waals surface area contributed by atoms with Crippen LogP contribution in [0.25, 0.3) is 0 Å². The minimum Gasteiger partial charge on any atom is -0.457 e. The fraction of sp³-hybridized carbons (Fsp3) is 0.300. The SMILES string of the molecule is Cc1cc2c(cc1C)C(=O)OC2. The molecule has 12 heavy (non-hydrogen) atoms. The molecule has 0 aliphatic carbocycles. The van der Waals surface area contributed by atoms with E-state index >= 15 is 0 Å². The van der Waals surface area contributed by atoms with Crippen LogP contribution in [0.15, 0.2) is 12.1 Å². The second-order valence-corrected chi connectivity index (χ2v) is 3.17. The van der Waals surface area contributed by atoms with Gasteiger partial charge in [-0.1, -0.05) is 6.07 Å². The smallest absolute Gasteiger partial charge is 0.338 e. The summed E-state index contributed by atoms with van der Waals surface area (Å²) < 4.78 is 4.89. The minimum absolute atomic E-state index is 0.187. The van der Waals surface area contributed by atoms with Crippen LogP contribution in [0.4, 0.5) is 0 Å². The number of fused-ring (bicyclic) bond motifs is 1. The fourth-order valence-electron chi connectivity index (χ4n) is 1.41. The predicted molar refractivity (Wildman–Crippen MR) is 45.0 cm³/mol. The van der Waals surface area contributed by atoms with E-state index in [1.807, 2.05) is 26.0 Å². The van der Waals surface area contributed by atoms with E-state index in [1.165, 1.54) is 5.56 Å². The number of hydrogen-bond acceptors (Lipinski definition) is 2. The maximum atomic E-state index is 11.1. The molecule has 0 saturated heterocycles. The average Bonchev–Trinajstić information content (AvgIpc) is 2.35. The van der Waals surface area contributed by atoms with Crippen LogP contribution < -0.4 is 0 Å². The van der Waals surface area contributed by atoms with Gasteiger partial charge in [0, 0.05) is 5.56 Å². The molecule has 62 valence electrons. The van der Waals surface area contributed by atoms with Gasteiger partial charge in [-0.05, 0) is 31.0 Å². The van der Waals surface area contributed by atoms with Crippen molar-refractivity contribution in [3.8, 4) is 0 Å². The van der Waals surface area contributed by atoms with Crippen LogP contribution in [-0.2, 0) is 11.3 Å². The zero-order valence-electron chi connectivity index (χ0n) is 7.18. The number of benzene rings is 1. The van der Waals surface area contributed by atoms with Gasteiger partial charge in [-0.3, -0.25) is 0 Å². The molecule has 0 N–H and O–H groups in total. The number of hydrogen-bond donors (Lipinski definition) is 0. The van der Waals surface area contributed by atoms with E-state index < -0.39 is 0 Å². The number of rotatable bonds is 0. The van der Waals surface area contributed by atoms with Crippen molar-refractivity contribution in [2.45, 2.75) is 20.5 Å². The van der Waals surface area contributed by atoms with Crippen molar-refractivity contribution >= 4 is 5.97 Å². The first kappa shape index (κ1) is 7.35. The van der Waals surface area contributed by atoms with Crippen molar-refractivity contribution in [1.82, 2.24) is 0 Å². The molecule has 1 heterocycles. The molecule has 1 aliphatic rings. The van der Waals surface area contributed by atoms with Gasteiger partial charge in [-0.25, -0.2) is 4.79 Å². The summed E-state index contributed by atoms with van der Waals surface area (Å²) in [7, 11) is 0. The zero-order valence-corrected chi connectivity index (χ0v) is 7.18. The molecular formula is C10H10O2. The van der Waals surface area contributed by atoms with Crippen molar-refractivity contribution in [3.63, 3.8) is 0 Å². The van der Waals surface area contributed by atoms with Gasteiger partial charge >= 0.3 is 5.97 Å². The van der Waals surface area contributed by atoms with E-state index in [0.717, 1.165) is 16.7 Å². The van der Waals surface area contributed by atoms with E-state index in [1.54, 1.807) is 0 Å². The minimum atomic E-state index is -0.187. The van der Waals surface area contributed by atoms with Crippen LogP contribution in [0.1, 0.15) is 27.0 Å². The van der Waals surface area contributed by atoms with Crippen molar-refractivity contribution in [1.29, 1.82) is 0 Å². The number of ether oxygens (including phenoxy) is 1. The summed E-state index contributed by atoms with van der Waals surface area (Å²) in [5.41, 5.74) is 4.11. The van der Waals surface area contributed by atoms with Gasteiger partial charge in [0.15, 0.2) is 0 Å². The molecule has 2 rings (SSSR count). The normalized spacial score (nSPS) is 14.3. The summed E-state index contributed by atoms with van der Waals surface area (Å²) in [5.74, 6) is -0.187. The largest absolute Gasteiger partial charge is 0.457 e. The van der Waals surface area contributed by atoms with E-state index in [-0.39, 0.29) is 5.97 Å². The van der Waals surface area contributed by atoms with Crippen LogP contribution in [0.2, 0.25) is 0 Å². The topological polar surface area (TPSA) is 26.3 Å². The highest BCUT2D eigenvalue weighted by Crippen LogP contribution is 2.22. The molecule has 0 fully saturated rings. The van der Waals surface area contributed by atoms with Crippen LogP contribution in [0, 0.1) is 13.8 Å². The van der Waals surface area contributed by atoms with E-state index in [4.69, 9.17) is 4.74 Å². The third-order valence-corrected chi connectivity index (χ3v) is 2.30. The summed E-state index contributed by atoms with van der Waals surface area (Å²) >= 11 is 0.